The van der Waals surface area contributed by atoms with E-state index in [9.17, 15) is 9.59 Å². The van der Waals surface area contributed by atoms with E-state index in [1.54, 1.807) is 42.5 Å². The molecule has 1 aliphatic rings. The summed E-state index contributed by atoms with van der Waals surface area (Å²) in [5.41, 5.74) is 3.13. The third-order valence-electron chi connectivity index (χ3n) is 5.43. The first-order chi connectivity index (χ1) is 17.3. The van der Waals surface area contributed by atoms with Crippen LogP contribution >= 0.6 is 24.0 Å². The molecule has 0 aliphatic carbocycles. The van der Waals surface area contributed by atoms with Crippen molar-refractivity contribution in [3.8, 4) is 17.2 Å². The molecule has 0 saturated carbocycles. The number of carbonyl (C=O) groups is 2. The van der Waals surface area contributed by atoms with Crippen LogP contribution in [0.15, 0.2) is 59.5 Å². The van der Waals surface area contributed by atoms with Gasteiger partial charge in [-0.3, -0.25) is 14.3 Å². The molecule has 8 nitrogen and oxygen atoms in total. The van der Waals surface area contributed by atoms with Gasteiger partial charge in [-0.15, -0.1) is 0 Å². The number of anilines is 1. The van der Waals surface area contributed by atoms with Crippen LogP contribution in [0, 0.1) is 13.8 Å². The van der Waals surface area contributed by atoms with Gasteiger partial charge in [0.25, 0.3) is 11.8 Å². The molecule has 2 heterocycles. The van der Waals surface area contributed by atoms with Crippen LogP contribution in [0.25, 0.3) is 6.08 Å². The van der Waals surface area contributed by atoms with Crippen LogP contribution in [0.3, 0.4) is 0 Å². The van der Waals surface area contributed by atoms with Crippen LogP contribution in [-0.4, -0.2) is 41.6 Å². The number of nitrogens with one attached hydrogen (secondary N) is 1. The van der Waals surface area contributed by atoms with Crippen molar-refractivity contribution in [1.29, 1.82) is 0 Å². The molecule has 0 radical (unpaired) electrons. The molecule has 1 aliphatic heterocycles. The number of thioether (sulfide) groups is 1. The Hall–Kier alpha value is -3.76. The highest BCUT2D eigenvalue weighted by Crippen LogP contribution is 2.35. The van der Waals surface area contributed by atoms with Gasteiger partial charge in [0, 0.05) is 11.4 Å². The third-order valence-corrected chi connectivity index (χ3v) is 6.72. The summed E-state index contributed by atoms with van der Waals surface area (Å²) < 4.78 is 18.7. The lowest BCUT2D eigenvalue weighted by Gasteiger charge is -2.20. The molecule has 1 saturated heterocycles. The van der Waals surface area contributed by atoms with E-state index in [-0.39, 0.29) is 18.4 Å². The Kier molecular flexibility index (Phi) is 7.66. The number of nitrogens with zero attached hydrogens (tertiary/aromatic N) is 2. The monoisotopic (exact) mass is 523 g/mol. The Bertz CT molecular complexity index is 1350. The second kappa shape index (κ2) is 10.9. The molecule has 1 fully saturated rings. The van der Waals surface area contributed by atoms with E-state index >= 15 is 0 Å². The fraction of sp³-hybridized carbons (Fsp3) is 0.192. The van der Waals surface area contributed by atoms with Gasteiger partial charge in [0.2, 0.25) is 0 Å². The second-order valence-electron chi connectivity index (χ2n) is 7.87. The lowest BCUT2D eigenvalue weighted by atomic mass is 10.2. The lowest BCUT2D eigenvalue weighted by Crippen LogP contribution is -2.39. The molecular weight excluding hydrogens is 498 g/mol. The highest BCUT2D eigenvalue weighted by atomic mass is 32.2. The highest BCUT2D eigenvalue weighted by molar-refractivity contribution is 8.27. The number of para-hydroxylation sites is 2. The van der Waals surface area contributed by atoms with Gasteiger partial charge in [-0.05, 0) is 74.1 Å². The van der Waals surface area contributed by atoms with Crippen molar-refractivity contribution >= 4 is 51.9 Å². The molecule has 0 atom stereocenters. The van der Waals surface area contributed by atoms with Gasteiger partial charge in [0.1, 0.15) is 5.75 Å². The van der Waals surface area contributed by atoms with E-state index in [0.717, 1.165) is 17.0 Å². The topological polar surface area (TPSA) is 82.0 Å². The van der Waals surface area contributed by atoms with Gasteiger partial charge in [-0.1, -0.05) is 30.0 Å². The van der Waals surface area contributed by atoms with Crippen molar-refractivity contribution in [3.63, 3.8) is 0 Å². The molecule has 1 aromatic heterocycles. The van der Waals surface area contributed by atoms with Gasteiger partial charge in [0.15, 0.2) is 22.4 Å². The van der Waals surface area contributed by atoms with Crippen molar-refractivity contribution < 1.29 is 23.8 Å². The number of thiocarbonyl (C=S) groups is 1. The maximum absolute atomic E-state index is 13.1. The predicted octanol–water partition coefficient (Wildman–Crippen LogP) is 4.68. The van der Waals surface area contributed by atoms with Gasteiger partial charge in [-0.2, -0.15) is 5.01 Å². The van der Waals surface area contributed by atoms with E-state index in [1.165, 1.54) is 31.0 Å². The number of rotatable bonds is 8. The molecule has 186 valence electrons. The molecule has 3 aromatic rings. The maximum Gasteiger partial charge on any atom is 0.285 e. The molecule has 0 unspecified atom stereocenters. The number of hydrogen-bond donors (Lipinski definition) is 1. The number of amides is 2. The summed E-state index contributed by atoms with van der Waals surface area (Å²) in [6.07, 6.45) is 1.76. The predicted molar refractivity (Wildman–Crippen MR) is 145 cm³/mol. The summed E-state index contributed by atoms with van der Waals surface area (Å²) in [4.78, 5) is 26.0. The van der Waals surface area contributed by atoms with Crippen molar-refractivity contribution in [3.05, 3.63) is 76.5 Å². The molecule has 0 spiro atoms. The molecule has 10 heteroatoms. The van der Waals surface area contributed by atoms with Gasteiger partial charge in [-0.25, -0.2) is 0 Å². The Balaban J connectivity index is 1.47. The standard InChI is InChI=1S/C26H25N3O5S2/c1-16-9-10-17(2)28(16)29-25(31)23(36-26(29)35)14-18-11-12-21(22(13-18)33-4)34-15-24(30)27-19-7-5-6-8-20(19)32-3/h5-14H,15H2,1-4H3,(H,27,30)/b23-14-. The van der Waals surface area contributed by atoms with Crippen LogP contribution in [0.2, 0.25) is 0 Å². The number of aryl methyl sites for hydroxylation is 2. The van der Waals surface area contributed by atoms with E-state index in [4.69, 9.17) is 26.4 Å². The Labute approximate surface area is 218 Å². The summed E-state index contributed by atoms with van der Waals surface area (Å²) >= 11 is 6.73. The minimum atomic E-state index is -0.343. The summed E-state index contributed by atoms with van der Waals surface area (Å²) in [5.74, 6) is 0.849. The minimum absolute atomic E-state index is 0.195. The number of hydrogen-bond acceptors (Lipinski definition) is 7. The minimum Gasteiger partial charge on any atom is -0.495 e. The summed E-state index contributed by atoms with van der Waals surface area (Å²) in [5, 5.41) is 4.27. The van der Waals surface area contributed by atoms with Crippen molar-refractivity contribution in [1.82, 2.24) is 4.68 Å². The summed E-state index contributed by atoms with van der Waals surface area (Å²) in [6, 6.07) is 16.2. The molecule has 36 heavy (non-hydrogen) atoms. The molecule has 1 N–H and O–H groups in total. The number of ether oxygens (including phenoxy) is 3. The van der Waals surface area contributed by atoms with E-state index in [2.05, 4.69) is 5.32 Å². The number of benzene rings is 2. The fourth-order valence-electron chi connectivity index (χ4n) is 3.73. The van der Waals surface area contributed by atoms with E-state index in [1.807, 2.05) is 36.7 Å². The smallest absolute Gasteiger partial charge is 0.285 e. The Morgan fingerprint density at radius 1 is 1.00 bits per heavy atom. The van der Waals surface area contributed by atoms with E-state index in [0.29, 0.717) is 32.2 Å². The Morgan fingerprint density at radius 2 is 1.69 bits per heavy atom. The SMILES string of the molecule is COc1ccccc1NC(=O)COc1ccc(/C=C2\SC(=S)N(n3c(C)ccc3C)C2=O)cc1OC. The number of carbonyl (C=O) groups excluding carboxylic acids is 2. The quantitative estimate of drug-likeness (QED) is 0.339. The van der Waals surface area contributed by atoms with Crippen molar-refractivity contribution in [2.75, 3.05) is 31.2 Å². The zero-order valence-electron chi connectivity index (χ0n) is 20.2. The zero-order valence-corrected chi connectivity index (χ0v) is 21.9. The maximum atomic E-state index is 13.1. The van der Waals surface area contributed by atoms with Crippen LogP contribution in [0.4, 0.5) is 5.69 Å². The molecular formula is C26H25N3O5S2. The van der Waals surface area contributed by atoms with Gasteiger partial charge < -0.3 is 19.5 Å². The third kappa shape index (κ3) is 5.24. The highest BCUT2D eigenvalue weighted by Gasteiger charge is 2.34. The first-order valence-corrected chi connectivity index (χ1v) is 12.2. The fourth-order valence-corrected chi connectivity index (χ4v) is 4.97. The summed E-state index contributed by atoms with van der Waals surface area (Å²) in [7, 11) is 3.05. The van der Waals surface area contributed by atoms with Crippen LogP contribution < -0.4 is 24.5 Å². The van der Waals surface area contributed by atoms with Gasteiger partial charge in [0.05, 0.1) is 24.8 Å². The molecule has 0 bridgehead atoms. The van der Waals surface area contributed by atoms with Gasteiger partial charge >= 0.3 is 0 Å². The number of methoxy groups -OCH3 is 2. The zero-order chi connectivity index (χ0) is 25.8. The van der Waals surface area contributed by atoms with Crippen LogP contribution in [0.5, 0.6) is 17.2 Å². The van der Waals surface area contributed by atoms with Crippen LogP contribution in [0.1, 0.15) is 17.0 Å². The van der Waals surface area contributed by atoms with Crippen molar-refractivity contribution in [2.45, 2.75) is 13.8 Å². The number of aromatic nitrogens is 1. The van der Waals surface area contributed by atoms with Crippen molar-refractivity contribution in [2.24, 2.45) is 0 Å². The second-order valence-corrected chi connectivity index (χ2v) is 9.54. The average molecular weight is 524 g/mol. The lowest BCUT2D eigenvalue weighted by molar-refractivity contribution is -0.118. The normalized spacial score (nSPS) is 14.3. The van der Waals surface area contributed by atoms with Crippen LogP contribution in [-0.2, 0) is 9.59 Å². The molecule has 2 amide bonds. The molecule has 2 aromatic carbocycles. The van der Waals surface area contributed by atoms with E-state index < -0.39 is 0 Å². The summed E-state index contributed by atoms with van der Waals surface area (Å²) in [6.45, 7) is 3.63. The average Bonchev–Trinajstić information content (AvgIpc) is 3.34. The first kappa shape index (κ1) is 25.3. The largest absolute Gasteiger partial charge is 0.495 e. The Morgan fingerprint density at radius 3 is 2.39 bits per heavy atom. The first-order valence-electron chi connectivity index (χ1n) is 11.0. The molecule has 4 rings (SSSR count).